The van der Waals surface area contributed by atoms with Gasteiger partial charge in [-0.2, -0.15) is 0 Å². The molecule has 5 heteroatoms. The Morgan fingerprint density at radius 3 is 2.90 bits per heavy atom. The first-order valence-corrected chi connectivity index (χ1v) is 6.94. The first kappa shape index (κ1) is 13.4. The highest BCUT2D eigenvalue weighted by Gasteiger charge is 2.15. The van der Waals surface area contributed by atoms with Crippen LogP contribution < -0.4 is 10.1 Å². The van der Waals surface area contributed by atoms with Gasteiger partial charge in [-0.15, -0.1) is 0 Å². The first-order chi connectivity index (χ1) is 10.1. The van der Waals surface area contributed by atoms with E-state index in [-0.39, 0.29) is 10.6 Å². The van der Waals surface area contributed by atoms with Crippen molar-refractivity contribution in [2.45, 2.75) is 19.8 Å². The number of para-hydroxylation sites is 1. The van der Waals surface area contributed by atoms with Crippen LogP contribution in [0.5, 0.6) is 11.5 Å². The minimum atomic E-state index is -0.384. The van der Waals surface area contributed by atoms with Crippen molar-refractivity contribution in [3.8, 4) is 11.5 Å². The van der Waals surface area contributed by atoms with Crippen LogP contribution in [0.3, 0.4) is 0 Å². The first-order valence-electron chi connectivity index (χ1n) is 6.94. The summed E-state index contributed by atoms with van der Waals surface area (Å²) in [4.78, 5) is 10.5. The number of hydrogen-bond acceptors (Lipinski definition) is 4. The van der Waals surface area contributed by atoms with Crippen LogP contribution >= 0.6 is 0 Å². The Morgan fingerprint density at radius 1 is 1.29 bits per heavy atom. The molecule has 1 N–H and O–H groups in total. The second-order valence-corrected chi connectivity index (χ2v) is 5.13. The number of aryl methyl sites for hydroxylation is 2. The highest BCUT2D eigenvalue weighted by atomic mass is 16.6. The van der Waals surface area contributed by atoms with E-state index in [0.29, 0.717) is 11.3 Å². The van der Waals surface area contributed by atoms with Gasteiger partial charge >= 0.3 is 0 Å². The Labute approximate surface area is 122 Å². The number of ether oxygens (including phenoxy) is 1. The van der Waals surface area contributed by atoms with Gasteiger partial charge in [-0.05, 0) is 43.5 Å². The van der Waals surface area contributed by atoms with Gasteiger partial charge in [0.15, 0.2) is 5.75 Å². The number of fused-ring (bicyclic) bond motifs is 1. The molecular formula is C16H16N2O3. The Bertz CT molecular complexity index is 698. The maximum absolute atomic E-state index is 10.8. The molecule has 5 nitrogen and oxygen atoms in total. The Balaban J connectivity index is 1.91. The fourth-order valence-corrected chi connectivity index (χ4v) is 2.59. The second-order valence-electron chi connectivity index (χ2n) is 5.13. The molecule has 0 aliphatic carbocycles. The largest absolute Gasteiger partial charge is 0.455 e. The van der Waals surface area contributed by atoms with Gasteiger partial charge in [-0.1, -0.05) is 12.1 Å². The summed E-state index contributed by atoms with van der Waals surface area (Å²) in [5.74, 6) is 1.37. The zero-order valence-electron chi connectivity index (χ0n) is 11.8. The Kier molecular flexibility index (Phi) is 3.48. The number of hydrogen-bond donors (Lipinski definition) is 1. The summed E-state index contributed by atoms with van der Waals surface area (Å²) in [7, 11) is 0. The molecule has 1 aliphatic heterocycles. The second kappa shape index (κ2) is 5.44. The molecule has 1 aliphatic rings. The topological polar surface area (TPSA) is 64.4 Å². The molecule has 0 saturated carbocycles. The SMILES string of the molecule is Cc1cc(Oc2cccc3c2NCCC3)ccc1[N+](=O)[O-]. The molecule has 0 bridgehead atoms. The van der Waals surface area contributed by atoms with Gasteiger partial charge < -0.3 is 10.1 Å². The van der Waals surface area contributed by atoms with E-state index in [2.05, 4.69) is 11.4 Å². The number of benzene rings is 2. The lowest BCUT2D eigenvalue weighted by Gasteiger charge is -2.21. The van der Waals surface area contributed by atoms with Gasteiger partial charge in [0.25, 0.3) is 5.69 Å². The number of nitrogens with one attached hydrogen (secondary N) is 1. The van der Waals surface area contributed by atoms with Crippen molar-refractivity contribution < 1.29 is 9.66 Å². The maximum atomic E-state index is 10.8. The summed E-state index contributed by atoms with van der Waals surface area (Å²) in [5.41, 5.74) is 2.97. The fourth-order valence-electron chi connectivity index (χ4n) is 2.59. The van der Waals surface area contributed by atoms with E-state index >= 15 is 0 Å². The van der Waals surface area contributed by atoms with Crippen molar-refractivity contribution in [2.75, 3.05) is 11.9 Å². The van der Waals surface area contributed by atoms with Crippen LogP contribution in [-0.4, -0.2) is 11.5 Å². The van der Waals surface area contributed by atoms with E-state index in [1.165, 1.54) is 11.6 Å². The quantitative estimate of drug-likeness (QED) is 0.682. The standard InChI is InChI=1S/C16H16N2O3/c1-11-10-13(7-8-14(11)18(19)20)21-15-6-2-4-12-5-3-9-17-16(12)15/h2,4,6-8,10,17H,3,5,9H2,1H3. The average Bonchev–Trinajstić information content (AvgIpc) is 2.47. The van der Waals surface area contributed by atoms with E-state index in [9.17, 15) is 10.1 Å². The molecule has 0 spiro atoms. The average molecular weight is 284 g/mol. The molecular weight excluding hydrogens is 268 g/mol. The normalized spacial score (nSPS) is 13.2. The fraction of sp³-hybridized carbons (Fsp3) is 0.250. The third-order valence-electron chi connectivity index (χ3n) is 3.63. The van der Waals surface area contributed by atoms with Crippen molar-refractivity contribution in [1.29, 1.82) is 0 Å². The van der Waals surface area contributed by atoms with Gasteiger partial charge in [0, 0.05) is 18.2 Å². The van der Waals surface area contributed by atoms with E-state index in [4.69, 9.17) is 4.74 Å². The smallest absolute Gasteiger partial charge is 0.272 e. The predicted molar refractivity (Wildman–Crippen MR) is 81.2 cm³/mol. The summed E-state index contributed by atoms with van der Waals surface area (Å²) in [6.45, 7) is 2.65. The third-order valence-corrected chi connectivity index (χ3v) is 3.63. The zero-order chi connectivity index (χ0) is 14.8. The van der Waals surface area contributed by atoms with Crippen molar-refractivity contribution in [3.63, 3.8) is 0 Å². The third kappa shape index (κ3) is 2.67. The number of anilines is 1. The highest BCUT2D eigenvalue weighted by molar-refractivity contribution is 5.64. The van der Waals surface area contributed by atoms with Gasteiger partial charge in [0.05, 0.1) is 10.6 Å². The van der Waals surface area contributed by atoms with E-state index < -0.39 is 0 Å². The summed E-state index contributed by atoms with van der Waals surface area (Å²) in [6, 6.07) is 10.8. The molecule has 108 valence electrons. The van der Waals surface area contributed by atoms with Crippen LogP contribution in [0, 0.1) is 17.0 Å². The van der Waals surface area contributed by atoms with Crippen molar-refractivity contribution in [3.05, 3.63) is 57.6 Å². The molecule has 0 fully saturated rings. The van der Waals surface area contributed by atoms with Crippen LogP contribution in [0.25, 0.3) is 0 Å². The van der Waals surface area contributed by atoms with E-state index in [0.717, 1.165) is 30.8 Å². The minimum absolute atomic E-state index is 0.107. The molecule has 0 aromatic heterocycles. The van der Waals surface area contributed by atoms with Crippen LogP contribution in [-0.2, 0) is 6.42 Å². The maximum Gasteiger partial charge on any atom is 0.272 e. The van der Waals surface area contributed by atoms with Crippen molar-refractivity contribution in [1.82, 2.24) is 0 Å². The molecule has 2 aromatic rings. The van der Waals surface area contributed by atoms with Crippen LogP contribution in [0.1, 0.15) is 17.5 Å². The van der Waals surface area contributed by atoms with Crippen molar-refractivity contribution >= 4 is 11.4 Å². The summed E-state index contributed by atoms with van der Waals surface area (Å²) in [6.07, 6.45) is 2.16. The molecule has 0 unspecified atom stereocenters. The number of nitrogens with zero attached hydrogens (tertiary/aromatic N) is 1. The predicted octanol–water partition coefficient (Wildman–Crippen LogP) is 4.05. The molecule has 2 aromatic carbocycles. The zero-order valence-corrected chi connectivity index (χ0v) is 11.8. The van der Waals surface area contributed by atoms with Gasteiger partial charge in [-0.25, -0.2) is 0 Å². The van der Waals surface area contributed by atoms with Gasteiger partial charge in [-0.3, -0.25) is 10.1 Å². The van der Waals surface area contributed by atoms with Crippen LogP contribution in [0.2, 0.25) is 0 Å². The molecule has 0 atom stereocenters. The Morgan fingerprint density at radius 2 is 2.14 bits per heavy atom. The van der Waals surface area contributed by atoms with Crippen LogP contribution in [0.4, 0.5) is 11.4 Å². The van der Waals surface area contributed by atoms with E-state index in [1.54, 1.807) is 19.1 Å². The lowest BCUT2D eigenvalue weighted by atomic mass is 10.0. The summed E-state index contributed by atoms with van der Waals surface area (Å²) < 4.78 is 5.91. The van der Waals surface area contributed by atoms with Gasteiger partial charge in [0.2, 0.25) is 0 Å². The molecule has 0 amide bonds. The van der Waals surface area contributed by atoms with E-state index in [1.807, 2.05) is 12.1 Å². The summed E-state index contributed by atoms with van der Waals surface area (Å²) >= 11 is 0. The lowest BCUT2D eigenvalue weighted by molar-refractivity contribution is -0.385. The molecule has 3 rings (SSSR count). The molecule has 1 heterocycles. The number of nitro benzene ring substituents is 1. The molecule has 0 radical (unpaired) electrons. The van der Waals surface area contributed by atoms with Crippen LogP contribution in [0.15, 0.2) is 36.4 Å². The molecule has 21 heavy (non-hydrogen) atoms. The minimum Gasteiger partial charge on any atom is -0.455 e. The number of rotatable bonds is 3. The monoisotopic (exact) mass is 284 g/mol. The Hall–Kier alpha value is -2.56. The number of nitro groups is 1. The summed E-state index contributed by atoms with van der Waals surface area (Å²) in [5, 5.41) is 14.2. The lowest BCUT2D eigenvalue weighted by Crippen LogP contribution is -2.12. The highest BCUT2D eigenvalue weighted by Crippen LogP contribution is 2.36. The van der Waals surface area contributed by atoms with Gasteiger partial charge in [0.1, 0.15) is 5.75 Å². The van der Waals surface area contributed by atoms with Crippen molar-refractivity contribution in [2.24, 2.45) is 0 Å². The molecule has 0 saturated heterocycles.